The molecule has 0 saturated carbocycles. The Balaban J connectivity index is 1.50. The highest BCUT2D eigenvalue weighted by Crippen LogP contribution is 2.26. The summed E-state index contributed by atoms with van der Waals surface area (Å²) in [7, 11) is 1.95. The van der Waals surface area contributed by atoms with E-state index in [0.29, 0.717) is 18.1 Å². The van der Waals surface area contributed by atoms with Crippen LogP contribution in [0.25, 0.3) is 22.5 Å². The Hall–Kier alpha value is -3.25. The van der Waals surface area contributed by atoms with Crippen LogP contribution >= 0.6 is 0 Å². The van der Waals surface area contributed by atoms with Gasteiger partial charge in [0.2, 0.25) is 11.7 Å². The van der Waals surface area contributed by atoms with Crippen molar-refractivity contribution in [2.75, 3.05) is 0 Å². The maximum Gasteiger partial charge on any atom is 0.227 e. The normalized spacial score (nSPS) is 12.3. The smallest absolute Gasteiger partial charge is 0.227 e. The fraction of sp³-hybridized carbons (Fsp3) is 0.261. The molecular weight excluding hydrogens is 362 g/mol. The van der Waals surface area contributed by atoms with E-state index in [9.17, 15) is 0 Å². The van der Waals surface area contributed by atoms with Gasteiger partial charge in [0.05, 0.1) is 6.20 Å². The summed E-state index contributed by atoms with van der Waals surface area (Å²) < 4.78 is 7.35. The van der Waals surface area contributed by atoms with Crippen molar-refractivity contribution in [3.05, 3.63) is 77.4 Å². The molecule has 4 aromatic rings. The summed E-state index contributed by atoms with van der Waals surface area (Å²) >= 11 is 0. The van der Waals surface area contributed by atoms with Crippen LogP contribution < -0.4 is 5.73 Å². The molecule has 4 rings (SSSR count). The standard InChI is InChI=1S/C23H25N5O/c1-15(24)17-7-9-18(10-8-17)19-5-4-6-20(13-19)23-26-22(29-27-23)12-11-21-14-25-28(3)16(21)2/h4-10,13-15H,11-12,24H2,1-3H3. The Morgan fingerprint density at radius 1 is 1.03 bits per heavy atom. The predicted molar refractivity (Wildman–Crippen MR) is 113 cm³/mol. The molecular formula is C23H25N5O. The topological polar surface area (TPSA) is 82.8 Å². The van der Waals surface area contributed by atoms with Gasteiger partial charge >= 0.3 is 0 Å². The molecule has 0 radical (unpaired) electrons. The van der Waals surface area contributed by atoms with Crippen molar-refractivity contribution in [2.45, 2.75) is 32.7 Å². The number of aromatic nitrogens is 4. The minimum atomic E-state index is 0.0311. The maximum absolute atomic E-state index is 5.94. The van der Waals surface area contributed by atoms with Gasteiger partial charge in [-0.2, -0.15) is 10.1 Å². The van der Waals surface area contributed by atoms with Crippen molar-refractivity contribution in [3.8, 4) is 22.5 Å². The van der Waals surface area contributed by atoms with E-state index in [-0.39, 0.29) is 6.04 Å². The summed E-state index contributed by atoms with van der Waals surface area (Å²) in [5, 5.41) is 8.45. The largest absolute Gasteiger partial charge is 0.339 e. The highest BCUT2D eigenvalue weighted by atomic mass is 16.5. The van der Waals surface area contributed by atoms with E-state index < -0.39 is 0 Å². The second-order valence-corrected chi connectivity index (χ2v) is 7.38. The fourth-order valence-corrected chi connectivity index (χ4v) is 3.32. The van der Waals surface area contributed by atoms with Crippen molar-refractivity contribution in [1.82, 2.24) is 19.9 Å². The van der Waals surface area contributed by atoms with Gasteiger partial charge in [-0.25, -0.2) is 0 Å². The van der Waals surface area contributed by atoms with Gasteiger partial charge < -0.3 is 10.3 Å². The lowest BCUT2D eigenvalue weighted by atomic mass is 10.00. The molecule has 2 aromatic heterocycles. The first-order valence-corrected chi connectivity index (χ1v) is 9.77. The van der Waals surface area contributed by atoms with Gasteiger partial charge in [-0.3, -0.25) is 4.68 Å². The zero-order valence-electron chi connectivity index (χ0n) is 17.0. The number of nitrogens with zero attached hydrogens (tertiary/aromatic N) is 4. The number of rotatable bonds is 6. The van der Waals surface area contributed by atoms with E-state index in [2.05, 4.69) is 58.6 Å². The molecule has 2 aromatic carbocycles. The average Bonchev–Trinajstić information content (AvgIpc) is 3.34. The van der Waals surface area contributed by atoms with E-state index in [1.54, 1.807) is 0 Å². The third-order valence-electron chi connectivity index (χ3n) is 5.30. The first-order chi connectivity index (χ1) is 14.0. The summed E-state index contributed by atoms with van der Waals surface area (Å²) in [4.78, 5) is 4.58. The Labute approximate surface area is 170 Å². The third-order valence-corrected chi connectivity index (χ3v) is 5.30. The van der Waals surface area contributed by atoms with E-state index in [1.807, 2.05) is 37.0 Å². The first kappa shape index (κ1) is 19.1. The zero-order chi connectivity index (χ0) is 20.4. The van der Waals surface area contributed by atoms with E-state index in [0.717, 1.165) is 34.4 Å². The molecule has 6 nitrogen and oxygen atoms in total. The quantitative estimate of drug-likeness (QED) is 0.535. The summed E-state index contributed by atoms with van der Waals surface area (Å²) in [5.41, 5.74) is 12.6. The van der Waals surface area contributed by atoms with Crippen molar-refractivity contribution in [2.24, 2.45) is 12.8 Å². The Bertz CT molecular complexity index is 1110. The molecule has 0 saturated heterocycles. The molecule has 148 valence electrons. The van der Waals surface area contributed by atoms with E-state index in [1.165, 1.54) is 5.56 Å². The second kappa shape index (κ2) is 8.01. The molecule has 0 spiro atoms. The van der Waals surface area contributed by atoms with Gasteiger partial charge in [0, 0.05) is 30.8 Å². The Morgan fingerprint density at radius 3 is 2.48 bits per heavy atom. The highest BCUT2D eigenvalue weighted by molar-refractivity contribution is 5.70. The SMILES string of the molecule is Cc1c(CCc2nc(-c3cccc(-c4ccc(C(C)N)cc4)c3)no2)cnn1C. The summed E-state index contributed by atoms with van der Waals surface area (Å²) in [6.45, 7) is 4.05. The maximum atomic E-state index is 5.94. The van der Waals surface area contributed by atoms with Crippen LogP contribution in [0, 0.1) is 6.92 Å². The molecule has 1 atom stereocenters. The van der Waals surface area contributed by atoms with Crippen molar-refractivity contribution in [3.63, 3.8) is 0 Å². The number of aryl methyl sites for hydroxylation is 3. The van der Waals surface area contributed by atoms with Gasteiger partial charge in [-0.15, -0.1) is 0 Å². The van der Waals surface area contributed by atoms with Crippen LogP contribution in [-0.4, -0.2) is 19.9 Å². The predicted octanol–water partition coefficient (Wildman–Crippen LogP) is 4.25. The molecule has 2 heterocycles. The van der Waals surface area contributed by atoms with E-state index in [4.69, 9.17) is 10.3 Å². The first-order valence-electron chi connectivity index (χ1n) is 9.77. The second-order valence-electron chi connectivity index (χ2n) is 7.38. The summed E-state index contributed by atoms with van der Waals surface area (Å²) in [6.07, 6.45) is 3.41. The average molecular weight is 387 g/mol. The van der Waals surface area contributed by atoms with Gasteiger partial charge in [0.15, 0.2) is 0 Å². The third kappa shape index (κ3) is 4.12. The molecule has 0 fully saturated rings. The van der Waals surface area contributed by atoms with Crippen molar-refractivity contribution >= 4 is 0 Å². The van der Waals surface area contributed by atoms with Gasteiger partial charge in [0.1, 0.15) is 0 Å². The number of hydrogen-bond acceptors (Lipinski definition) is 5. The van der Waals surface area contributed by atoms with Crippen molar-refractivity contribution in [1.29, 1.82) is 0 Å². The lowest BCUT2D eigenvalue weighted by Crippen LogP contribution is -2.04. The lowest BCUT2D eigenvalue weighted by molar-refractivity contribution is 0.379. The molecule has 2 N–H and O–H groups in total. The molecule has 0 bridgehead atoms. The number of nitrogens with two attached hydrogens (primary N) is 1. The molecule has 0 aliphatic heterocycles. The van der Waals surface area contributed by atoms with Crippen LogP contribution in [0.15, 0.2) is 59.3 Å². The highest BCUT2D eigenvalue weighted by Gasteiger charge is 2.12. The Morgan fingerprint density at radius 2 is 1.79 bits per heavy atom. The fourth-order valence-electron chi connectivity index (χ4n) is 3.32. The zero-order valence-corrected chi connectivity index (χ0v) is 17.0. The lowest BCUT2D eigenvalue weighted by Gasteiger charge is -2.08. The molecule has 1 unspecified atom stereocenters. The molecule has 0 aliphatic rings. The van der Waals surface area contributed by atoms with Crippen LogP contribution in [0.5, 0.6) is 0 Å². The van der Waals surface area contributed by atoms with Gasteiger partial charge in [0.25, 0.3) is 0 Å². The van der Waals surface area contributed by atoms with Crippen LogP contribution in [0.1, 0.15) is 35.7 Å². The minimum absolute atomic E-state index is 0.0311. The van der Waals surface area contributed by atoms with Crippen LogP contribution in [0.3, 0.4) is 0 Å². The van der Waals surface area contributed by atoms with Gasteiger partial charge in [-0.05, 0) is 48.6 Å². The molecule has 0 amide bonds. The van der Waals surface area contributed by atoms with Crippen molar-refractivity contribution < 1.29 is 4.52 Å². The molecule has 29 heavy (non-hydrogen) atoms. The molecule has 0 aliphatic carbocycles. The van der Waals surface area contributed by atoms with E-state index >= 15 is 0 Å². The van der Waals surface area contributed by atoms with Crippen LogP contribution in [-0.2, 0) is 19.9 Å². The van der Waals surface area contributed by atoms with Crippen LogP contribution in [0.4, 0.5) is 0 Å². The monoisotopic (exact) mass is 387 g/mol. The minimum Gasteiger partial charge on any atom is -0.339 e. The number of hydrogen-bond donors (Lipinski definition) is 1. The number of benzene rings is 2. The Kier molecular flexibility index (Phi) is 5.27. The molecule has 6 heteroatoms. The van der Waals surface area contributed by atoms with Crippen LogP contribution in [0.2, 0.25) is 0 Å². The summed E-state index contributed by atoms with van der Waals surface area (Å²) in [5.74, 6) is 1.24. The van der Waals surface area contributed by atoms with Gasteiger partial charge in [-0.1, -0.05) is 47.6 Å². The summed E-state index contributed by atoms with van der Waals surface area (Å²) in [6, 6.07) is 16.5.